The molecule has 0 bridgehead atoms. The Labute approximate surface area is 192 Å². The first-order chi connectivity index (χ1) is 15.2. The van der Waals surface area contributed by atoms with Crippen molar-refractivity contribution in [1.29, 1.82) is 0 Å². The normalized spacial score (nSPS) is 16.9. The van der Waals surface area contributed by atoms with Crippen molar-refractivity contribution < 1.29 is 13.2 Å². The molecular weight excluding hydrogens is 444 g/mol. The second-order valence-corrected chi connectivity index (χ2v) is 11.0. The Morgan fingerprint density at radius 3 is 2.53 bits per heavy atom. The zero-order valence-electron chi connectivity index (χ0n) is 18.5. The Morgan fingerprint density at radius 1 is 1.16 bits per heavy atom. The molecule has 1 aliphatic rings. The van der Waals surface area contributed by atoms with Gasteiger partial charge in [-0.15, -0.1) is 0 Å². The number of aromatic nitrogens is 2. The van der Waals surface area contributed by atoms with Crippen molar-refractivity contribution in [1.82, 2.24) is 14.3 Å². The lowest BCUT2D eigenvalue weighted by molar-refractivity contribution is -0.119. The summed E-state index contributed by atoms with van der Waals surface area (Å²) in [7, 11) is -3.80. The minimum absolute atomic E-state index is 0.297. The lowest BCUT2D eigenvalue weighted by Crippen LogP contribution is -2.43. The Balaban J connectivity index is 1.59. The van der Waals surface area contributed by atoms with E-state index in [4.69, 9.17) is 0 Å². The molecule has 0 saturated carbocycles. The Kier molecular flexibility index (Phi) is 6.15. The van der Waals surface area contributed by atoms with Crippen LogP contribution >= 0.6 is 11.3 Å². The second kappa shape index (κ2) is 8.73. The molecular formula is C23H26N4O3S2. The number of thiazole rings is 1. The van der Waals surface area contributed by atoms with E-state index in [0.29, 0.717) is 40.5 Å². The molecule has 1 fully saturated rings. The van der Waals surface area contributed by atoms with Crippen LogP contribution < -0.4 is 5.32 Å². The predicted molar refractivity (Wildman–Crippen MR) is 126 cm³/mol. The zero-order chi connectivity index (χ0) is 23.0. The SMILES string of the molecule is Cc1cc(C)c(S(=O)(=O)N2CCCC2C(=O)Nc2nc(C)c(-c3ccccn3)s2)c(C)c1. The molecule has 1 N–H and O–H groups in total. The number of hydrogen-bond acceptors (Lipinski definition) is 6. The molecule has 2 aromatic heterocycles. The van der Waals surface area contributed by atoms with E-state index < -0.39 is 16.1 Å². The summed E-state index contributed by atoms with van der Waals surface area (Å²) >= 11 is 1.34. The van der Waals surface area contributed by atoms with Crippen LogP contribution in [0.25, 0.3) is 10.6 Å². The quantitative estimate of drug-likeness (QED) is 0.602. The van der Waals surface area contributed by atoms with Gasteiger partial charge in [0.05, 0.1) is 21.2 Å². The molecule has 0 radical (unpaired) electrons. The zero-order valence-corrected chi connectivity index (χ0v) is 20.2. The Hall–Kier alpha value is -2.62. The molecule has 1 aliphatic heterocycles. The number of nitrogens with zero attached hydrogens (tertiary/aromatic N) is 3. The van der Waals surface area contributed by atoms with Gasteiger partial charge in [0.1, 0.15) is 6.04 Å². The van der Waals surface area contributed by atoms with Crippen molar-refractivity contribution in [3.63, 3.8) is 0 Å². The standard InChI is InChI=1S/C23H26N4O3S2/c1-14-12-15(2)21(16(3)13-14)32(29,30)27-11-7-9-19(27)22(28)26-23-25-17(4)20(31-23)18-8-5-6-10-24-18/h5-6,8,10,12-13,19H,7,9,11H2,1-4H3,(H,25,26,28). The minimum atomic E-state index is -3.80. The third-order valence-electron chi connectivity index (χ3n) is 5.60. The van der Waals surface area contributed by atoms with Crippen LogP contribution in [0.15, 0.2) is 41.4 Å². The highest BCUT2D eigenvalue weighted by Crippen LogP contribution is 2.34. The largest absolute Gasteiger partial charge is 0.301 e. The highest BCUT2D eigenvalue weighted by Gasteiger charge is 2.40. The average Bonchev–Trinajstić information content (AvgIpc) is 3.35. The summed E-state index contributed by atoms with van der Waals surface area (Å²) < 4.78 is 28.4. The highest BCUT2D eigenvalue weighted by atomic mass is 32.2. The van der Waals surface area contributed by atoms with Crippen LogP contribution in [0, 0.1) is 27.7 Å². The number of nitrogens with one attached hydrogen (secondary N) is 1. The lowest BCUT2D eigenvalue weighted by Gasteiger charge is -2.25. The van der Waals surface area contributed by atoms with Gasteiger partial charge in [0.15, 0.2) is 5.13 Å². The lowest BCUT2D eigenvalue weighted by atomic mass is 10.1. The molecule has 168 valence electrons. The molecule has 1 atom stereocenters. The van der Waals surface area contributed by atoms with E-state index in [1.165, 1.54) is 15.6 Å². The fourth-order valence-electron chi connectivity index (χ4n) is 4.35. The van der Waals surface area contributed by atoms with Gasteiger partial charge in [0, 0.05) is 12.7 Å². The average molecular weight is 471 g/mol. The van der Waals surface area contributed by atoms with Crippen molar-refractivity contribution in [2.45, 2.75) is 51.5 Å². The molecule has 0 aliphatic carbocycles. The molecule has 1 aromatic carbocycles. The van der Waals surface area contributed by atoms with E-state index in [1.807, 2.05) is 44.2 Å². The monoisotopic (exact) mass is 470 g/mol. The molecule has 1 saturated heterocycles. The number of sulfonamides is 1. The number of carbonyl (C=O) groups is 1. The summed E-state index contributed by atoms with van der Waals surface area (Å²) in [6, 6.07) is 8.60. The first-order valence-corrected chi connectivity index (χ1v) is 12.7. The van der Waals surface area contributed by atoms with E-state index in [0.717, 1.165) is 21.8 Å². The summed E-state index contributed by atoms with van der Waals surface area (Å²) in [6.07, 6.45) is 2.83. The number of amides is 1. The summed E-state index contributed by atoms with van der Waals surface area (Å²) in [5.74, 6) is -0.352. The van der Waals surface area contributed by atoms with Crippen LogP contribution in [0.4, 0.5) is 5.13 Å². The van der Waals surface area contributed by atoms with Crippen LogP contribution in [0.1, 0.15) is 35.2 Å². The van der Waals surface area contributed by atoms with Crippen LogP contribution in [-0.2, 0) is 14.8 Å². The van der Waals surface area contributed by atoms with Crippen LogP contribution in [-0.4, -0.2) is 41.2 Å². The Bertz CT molecular complexity index is 1250. The van der Waals surface area contributed by atoms with Gasteiger partial charge in [0.2, 0.25) is 15.9 Å². The van der Waals surface area contributed by atoms with Gasteiger partial charge >= 0.3 is 0 Å². The molecule has 3 heterocycles. The van der Waals surface area contributed by atoms with E-state index in [2.05, 4.69) is 15.3 Å². The maximum atomic E-state index is 13.5. The first-order valence-electron chi connectivity index (χ1n) is 10.5. The maximum absolute atomic E-state index is 13.5. The van der Waals surface area contributed by atoms with Gasteiger partial charge in [-0.25, -0.2) is 13.4 Å². The van der Waals surface area contributed by atoms with Crippen molar-refractivity contribution >= 4 is 32.4 Å². The number of anilines is 1. The van der Waals surface area contributed by atoms with E-state index >= 15 is 0 Å². The maximum Gasteiger partial charge on any atom is 0.244 e. The number of carbonyl (C=O) groups excluding carboxylic acids is 1. The third-order valence-corrected chi connectivity index (χ3v) is 8.91. The molecule has 32 heavy (non-hydrogen) atoms. The van der Waals surface area contributed by atoms with Crippen LogP contribution in [0.3, 0.4) is 0 Å². The number of pyridine rings is 1. The number of hydrogen-bond donors (Lipinski definition) is 1. The fourth-order valence-corrected chi connectivity index (χ4v) is 7.37. The molecule has 9 heteroatoms. The molecule has 4 rings (SSSR count). The summed E-state index contributed by atoms with van der Waals surface area (Å²) in [5, 5.41) is 3.29. The van der Waals surface area contributed by atoms with Crippen molar-refractivity contribution in [2.24, 2.45) is 0 Å². The Morgan fingerprint density at radius 2 is 1.88 bits per heavy atom. The van der Waals surface area contributed by atoms with Gasteiger partial charge in [0.25, 0.3) is 0 Å². The van der Waals surface area contributed by atoms with Gasteiger partial charge < -0.3 is 5.32 Å². The van der Waals surface area contributed by atoms with Crippen molar-refractivity contribution in [2.75, 3.05) is 11.9 Å². The summed E-state index contributed by atoms with van der Waals surface area (Å²) in [5.41, 5.74) is 3.97. The molecule has 0 spiro atoms. The summed E-state index contributed by atoms with van der Waals surface area (Å²) in [4.78, 5) is 23.1. The van der Waals surface area contributed by atoms with Gasteiger partial charge in [-0.3, -0.25) is 9.78 Å². The third kappa shape index (κ3) is 4.20. The van der Waals surface area contributed by atoms with Crippen molar-refractivity contribution in [3.8, 4) is 10.6 Å². The number of benzene rings is 1. The van der Waals surface area contributed by atoms with Gasteiger partial charge in [-0.05, 0) is 63.8 Å². The first kappa shape index (κ1) is 22.6. The van der Waals surface area contributed by atoms with Gasteiger partial charge in [-0.1, -0.05) is 35.1 Å². The predicted octanol–water partition coefficient (Wildman–Crippen LogP) is 4.23. The van der Waals surface area contributed by atoms with Crippen LogP contribution in [0.5, 0.6) is 0 Å². The smallest absolute Gasteiger partial charge is 0.244 e. The fraction of sp³-hybridized carbons (Fsp3) is 0.348. The topological polar surface area (TPSA) is 92.3 Å². The molecule has 1 unspecified atom stereocenters. The molecule has 7 nitrogen and oxygen atoms in total. The van der Waals surface area contributed by atoms with E-state index in [-0.39, 0.29) is 5.91 Å². The second-order valence-electron chi connectivity index (χ2n) is 8.14. The highest BCUT2D eigenvalue weighted by molar-refractivity contribution is 7.89. The summed E-state index contributed by atoms with van der Waals surface area (Å²) in [6.45, 7) is 7.73. The minimum Gasteiger partial charge on any atom is -0.301 e. The number of rotatable bonds is 5. The van der Waals surface area contributed by atoms with E-state index in [1.54, 1.807) is 20.0 Å². The van der Waals surface area contributed by atoms with Crippen LogP contribution in [0.2, 0.25) is 0 Å². The van der Waals surface area contributed by atoms with Gasteiger partial charge in [-0.2, -0.15) is 4.31 Å². The number of aryl methyl sites for hydroxylation is 4. The van der Waals surface area contributed by atoms with Crippen molar-refractivity contribution in [3.05, 3.63) is 58.9 Å². The molecule has 1 amide bonds. The van der Waals surface area contributed by atoms with E-state index in [9.17, 15) is 13.2 Å². The molecule has 3 aromatic rings.